The minimum Gasteiger partial charge on any atom is -0.293 e. The highest BCUT2D eigenvalue weighted by molar-refractivity contribution is 4.83. The van der Waals surface area contributed by atoms with Crippen LogP contribution in [0.4, 0.5) is 0 Å². The highest BCUT2D eigenvalue weighted by atomic mass is 15.2. The van der Waals surface area contributed by atoms with Gasteiger partial charge in [0.05, 0.1) is 0 Å². The van der Waals surface area contributed by atoms with Gasteiger partial charge in [-0.05, 0) is 33.1 Å². The minimum atomic E-state index is 0.777. The molecule has 1 heteroatoms. The standard InChI is InChI=1S/C10H20N/c1-4-8-11-9(2)6-5-7-10(11)3/h8-10H,4-7H2,1-3H3. The topological polar surface area (TPSA) is 3.24 Å². The molecule has 1 saturated heterocycles. The van der Waals surface area contributed by atoms with Crippen molar-refractivity contribution in [2.45, 2.75) is 58.5 Å². The number of hydrogen-bond acceptors (Lipinski definition) is 1. The van der Waals surface area contributed by atoms with Crippen molar-refractivity contribution in [1.29, 1.82) is 0 Å². The van der Waals surface area contributed by atoms with Crippen LogP contribution in [-0.2, 0) is 0 Å². The molecule has 0 aromatic rings. The van der Waals surface area contributed by atoms with Gasteiger partial charge in [0.2, 0.25) is 0 Å². The molecule has 0 saturated carbocycles. The van der Waals surface area contributed by atoms with Crippen LogP contribution in [0.25, 0.3) is 0 Å². The van der Waals surface area contributed by atoms with Crippen molar-refractivity contribution in [2.75, 3.05) is 0 Å². The van der Waals surface area contributed by atoms with E-state index in [2.05, 4.69) is 32.2 Å². The predicted octanol–water partition coefficient (Wildman–Crippen LogP) is 2.82. The minimum absolute atomic E-state index is 0.777. The second-order valence-corrected chi connectivity index (χ2v) is 3.67. The molecule has 0 aromatic carbocycles. The Morgan fingerprint density at radius 1 is 1.27 bits per heavy atom. The van der Waals surface area contributed by atoms with E-state index < -0.39 is 0 Å². The van der Waals surface area contributed by atoms with Crippen molar-refractivity contribution in [3.05, 3.63) is 6.54 Å². The Kier molecular flexibility index (Phi) is 3.38. The van der Waals surface area contributed by atoms with Gasteiger partial charge in [0, 0.05) is 18.6 Å². The van der Waals surface area contributed by atoms with Crippen molar-refractivity contribution in [2.24, 2.45) is 0 Å². The number of piperidine rings is 1. The van der Waals surface area contributed by atoms with Crippen LogP contribution >= 0.6 is 0 Å². The molecule has 1 aliphatic rings. The Balaban J connectivity index is 2.41. The van der Waals surface area contributed by atoms with Gasteiger partial charge in [0.25, 0.3) is 0 Å². The molecule has 1 fully saturated rings. The monoisotopic (exact) mass is 154 g/mol. The van der Waals surface area contributed by atoms with E-state index in [1.165, 1.54) is 25.7 Å². The molecule has 11 heavy (non-hydrogen) atoms. The molecule has 0 amide bonds. The first kappa shape index (κ1) is 9.05. The van der Waals surface area contributed by atoms with Crippen molar-refractivity contribution >= 4 is 0 Å². The van der Waals surface area contributed by atoms with Crippen LogP contribution in [0.2, 0.25) is 0 Å². The second-order valence-electron chi connectivity index (χ2n) is 3.67. The first-order chi connectivity index (χ1) is 5.25. The smallest absolute Gasteiger partial charge is 0.0254 e. The summed E-state index contributed by atoms with van der Waals surface area (Å²) in [6, 6.07) is 1.55. The quantitative estimate of drug-likeness (QED) is 0.591. The van der Waals surface area contributed by atoms with E-state index in [0.29, 0.717) is 0 Å². The lowest BCUT2D eigenvalue weighted by atomic mass is 9.97. The third-order valence-electron chi connectivity index (χ3n) is 2.66. The van der Waals surface area contributed by atoms with E-state index in [9.17, 15) is 0 Å². The van der Waals surface area contributed by atoms with E-state index >= 15 is 0 Å². The molecule has 1 nitrogen and oxygen atoms in total. The first-order valence-electron chi connectivity index (χ1n) is 4.86. The summed E-state index contributed by atoms with van der Waals surface area (Å²) < 4.78 is 0. The zero-order valence-corrected chi connectivity index (χ0v) is 8.01. The highest BCUT2D eigenvalue weighted by Crippen LogP contribution is 2.23. The molecular formula is C10H20N. The van der Waals surface area contributed by atoms with E-state index in [0.717, 1.165) is 12.1 Å². The van der Waals surface area contributed by atoms with Gasteiger partial charge in [-0.15, -0.1) is 0 Å². The molecule has 65 valence electrons. The van der Waals surface area contributed by atoms with Crippen LogP contribution in [-0.4, -0.2) is 17.0 Å². The van der Waals surface area contributed by atoms with Crippen molar-refractivity contribution in [3.8, 4) is 0 Å². The Bertz CT molecular complexity index is 101. The van der Waals surface area contributed by atoms with Crippen LogP contribution in [0.3, 0.4) is 0 Å². The van der Waals surface area contributed by atoms with Crippen LogP contribution in [0, 0.1) is 6.54 Å². The van der Waals surface area contributed by atoms with Crippen molar-refractivity contribution < 1.29 is 0 Å². The summed E-state index contributed by atoms with van der Waals surface area (Å²) in [5.41, 5.74) is 0. The SMILES string of the molecule is CC[CH]N1C(C)CCCC1C. The molecule has 1 rings (SSSR count). The van der Waals surface area contributed by atoms with E-state index in [1.807, 2.05) is 0 Å². The molecule has 2 unspecified atom stereocenters. The van der Waals surface area contributed by atoms with Gasteiger partial charge in [-0.3, -0.25) is 4.90 Å². The van der Waals surface area contributed by atoms with Gasteiger partial charge < -0.3 is 0 Å². The number of hydrogen-bond donors (Lipinski definition) is 0. The average molecular weight is 154 g/mol. The van der Waals surface area contributed by atoms with E-state index in [1.54, 1.807) is 0 Å². The fraction of sp³-hybridized carbons (Fsp3) is 0.900. The van der Waals surface area contributed by atoms with Crippen molar-refractivity contribution in [3.63, 3.8) is 0 Å². The van der Waals surface area contributed by atoms with Gasteiger partial charge in [-0.25, -0.2) is 0 Å². The number of rotatable bonds is 2. The Morgan fingerprint density at radius 3 is 2.27 bits per heavy atom. The lowest BCUT2D eigenvalue weighted by Crippen LogP contribution is -2.41. The zero-order valence-electron chi connectivity index (χ0n) is 8.01. The summed E-state index contributed by atoms with van der Waals surface area (Å²) in [4.78, 5) is 2.53. The predicted molar refractivity (Wildman–Crippen MR) is 49.2 cm³/mol. The molecule has 2 atom stereocenters. The lowest BCUT2D eigenvalue weighted by Gasteiger charge is -2.38. The molecular weight excluding hydrogens is 134 g/mol. The molecule has 0 spiro atoms. The highest BCUT2D eigenvalue weighted by Gasteiger charge is 2.23. The third kappa shape index (κ3) is 2.19. The summed E-state index contributed by atoms with van der Waals surface area (Å²) in [6.07, 6.45) is 5.34. The van der Waals surface area contributed by atoms with Crippen LogP contribution in [0.15, 0.2) is 0 Å². The second kappa shape index (κ2) is 4.10. The largest absolute Gasteiger partial charge is 0.293 e. The molecule has 1 aliphatic heterocycles. The van der Waals surface area contributed by atoms with Gasteiger partial charge in [0.15, 0.2) is 0 Å². The molecule has 0 N–H and O–H groups in total. The average Bonchev–Trinajstić information content (AvgIpc) is 1.97. The Morgan fingerprint density at radius 2 is 1.82 bits per heavy atom. The molecule has 1 heterocycles. The summed E-state index contributed by atoms with van der Waals surface area (Å²) in [7, 11) is 0. The lowest BCUT2D eigenvalue weighted by molar-refractivity contribution is 0.136. The number of nitrogens with zero attached hydrogens (tertiary/aromatic N) is 1. The third-order valence-corrected chi connectivity index (χ3v) is 2.66. The normalized spacial score (nSPS) is 34.1. The molecule has 0 aliphatic carbocycles. The van der Waals surface area contributed by atoms with Gasteiger partial charge in [0.1, 0.15) is 0 Å². The van der Waals surface area contributed by atoms with E-state index in [4.69, 9.17) is 0 Å². The maximum atomic E-state index is 2.53. The summed E-state index contributed by atoms with van der Waals surface area (Å²) in [5, 5.41) is 0. The molecule has 0 bridgehead atoms. The van der Waals surface area contributed by atoms with Crippen LogP contribution < -0.4 is 0 Å². The maximum Gasteiger partial charge on any atom is 0.0254 e. The van der Waals surface area contributed by atoms with Crippen LogP contribution in [0.1, 0.15) is 46.5 Å². The maximum absolute atomic E-state index is 2.53. The number of likely N-dealkylation sites (tertiary alicyclic amines) is 1. The van der Waals surface area contributed by atoms with Gasteiger partial charge in [-0.2, -0.15) is 0 Å². The van der Waals surface area contributed by atoms with E-state index in [-0.39, 0.29) is 0 Å². The van der Waals surface area contributed by atoms with Gasteiger partial charge >= 0.3 is 0 Å². The molecule has 1 radical (unpaired) electrons. The summed E-state index contributed by atoms with van der Waals surface area (Å²) >= 11 is 0. The Hall–Kier alpha value is -0.0400. The Labute approximate surface area is 70.8 Å². The van der Waals surface area contributed by atoms with Gasteiger partial charge in [-0.1, -0.05) is 13.3 Å². The fourth-order valence-electron chi connectivity index (χ4n) is 2.01. The van der Waals surface area contributed by atoms with Crippen LogP contribution in [0.5, 0.6) is 0 Å². The van der Waals surface area contributed by atoms with Crippen molar-refractivity contribution in [1.82, 2.24) is 4.90 Å². The summed E-state index contributed by atoms with van der Waals surface area (Å²) in [5.74, 6) is 0. The fourth-order valence-corrected chi connectivity index (χ4v) is 2.01. The summed E-state index contributed by atoms with van der Waals surface area (Å²) in [6.45, 7) is 9.24. The zero-order chi connectivity index (χ0) is 8.27. The molecule has 0 aromatic heterocycles. The first-order valence-corrected chi connectivity index (χ1v) is 4.86.